The average Bonchev–Trinajstić information content (AvgIpc) is 2.87. The summed E-state index contributed by atoms with van der Waals surface area (Å²) in [4.78, 5) is 8.06. The Morgan fingerprint density at radius 1 is 1.17 bits per heavy atom. The standard InChI is InChI=1S/C12H6ClN5/c13-10-3-1-8(2-4-10)11-9(5-14)6-15-12-16-7-17-18(11)12/h1-4,6-7H. The summed E-state index contributed by atoms with van der Waals surface area (Å²) in [6.45, 7) is 0. The van der Waals surface area contributed by atoms with E-state index in [1.165, 1.54) is 12.5 Å². The van der Waals surface area contributed by atoms with Gasteiger partial charge >= 0.3 is 0 Å². The third kappa shape index (κ3) is 1.60. The lowest BCUT2D eigenvalue weighted by Gasteiger charge is -2.05. The van der Waals surface area contributed by atoms with Crippen molar-refractivity contribution in [2.45, 2.75) is 0 Å². The minimum atomic E-state index is 0.440. The lowest BCUT2D eigenvalue weighted by Crippen LogP contribution is -1.99. The van der Waals surface area contributed by atoms with Crippen LogP contribution < -0.4 is 0 Å². The second kappa shape index (κ2) is 4.09. The maximum Gasteiger partial charge on any atom is 0.252 e. The Morgan fingerprint density at radius 2 is 1.94 bits per heavy atom. The van der Waals surface area contributed by atoms with Gasteiger partial charge < -0.3 is 0 Å². The van der Waals surface area contributed by atoms with E-state index in [9.17, 15) is 0 Å². The second-order valence-electron chi connectivity index (χ2n) is 3.61. The van der Waals surface area contributed by atoms with Crippen LogP contribution in [0, 0.1) is 11.3 Å². The monoisotopic (exact) mass is 255 g/mol. The zero-order valence-electron chi connectivity index (χ0n) is 9.08. The first-order valence-corrected chi connectivity index (χ1v) is 5.52. The van der Waals surface area contributed by atoms with Gasteiger partial charge in [-0.2, -0.15) is 19.9 Å². The Hall–Kier alpha value is -2.45. The average molecular weight is 256 g/mol. The van der Waals surface area contributed by atoms with E-state index in [2.05, 4.69) is 21.1 Å². The summed E-state index contributed by atoms with van der Waals surface area (Å²) >= 11 is 5.86. The van der Waals surface area contributed by atoms with Crippen molar-refractivity contribution in [3.63, 3.8) is 0 Å². The third-order valence-electron chi connectivity index (χ3n) is 2.54. The van der Waals surface area contributed by atoms with Gasteiger partial charge in [0.05, 0.1) is 17.5 Å². The molecule has 0 radical (unpaired) electrons. The molecule has 0 N–H and O–H groups in total. The van der Waals surface area contributed by atoms with Crippen LogP contribution in [0.2, 0.25) is 5.02 Å². The fourth-order valence-electron chi connectivity index (χ4n) is 1.75. The number of hydrogen-bond donors (Lipinski definition) is 0. The number of nitriles is 1. The van der Waals surface area contributed by atoms with Gasteiger partial charge in [-0.1, -0.05) is 23.7 Å². The Bertz CT molecular complexity index is 754. The van der Waals surface area contributed by atoms with E-state index in [4.69, 9.17) is 16.9 Å². The minimum absolute atomic E-state index is 0.440. The van der Waals surface area contributed by atoms with Crippen molar-refractivity contribution in [1.82, 2.24) is 19.6 Å². The summed E-state index contributed by atoms with van der Waals surface area (Å²) in [5.41, 5.74) is 1.95. The summed E-state index contributed by atoms with van der Waals surface area (Å²) in [6, 6.07) is 9.30. The maximum atomic E-state index is 9.15. The Kier molecular flexibility index (Phi) is 2.43. The van der Waals surface area contributed by atoms with Gasteiger partial charge in [0.2, 0.25) is 0 Å². The molecule has 0 saturated carbocycles. The predicted molar refractivity (Wildman–Crippen MR) is 65.9 cm³/mol. The molecule has 0 aliphatic carbocycles. The molecule has 0 bridgehead atoms. The van der Waals surface area contributed by atoms with Crippen molar-refractivity contribution in [1.29, 1.82) is 5.26 Å². The van der Waals surface area contributed by atoms with Crippen LogP contribution in [-0.2, 0) is 0 Å². The molecule has 18 heavy (non-hydrogen) atoms. The first kappa shape index (κ1) is 10.7. The van der Waals surface area contributed by atoms with Crippen molar-refractivity contribution in [2.75, 3.05) is 0 Å². The Labute approximate surface area is 107 Å². The largest absolute Gasteiger partial charge is 0.252 e. The molecule has 0 aliphatic heterocycles. The number of fused-ring (bicyclic) bond motifs is 1. The van der Waals surface area contributed by atoms with Crippen LogP contribution in [0.15, 0.2) is 36.8 Å². The van der Waals surface area contributed by atoms with E-state index in [-0.39, 0.29) is 0 Å². The highest BCUT2D eigenvalue weighted by Crippen LogP contribution is 2.24. The third-order valence-corrected chi connectivity index (χ3v) is 2.80. The van der Waals surface area contributed by atoms with Gasteiger partial charge in [-0.3, -0.25) is 0 Å². The SMILES string of the molecule is N#Cc1cnc2ncnn2c1-c1ccc(Cl)cc1. The number of hydrogen-bond acceptors (Lipinski definition) is 4. The normalized spacial score (nSPS) is 10.4. The molecule has 6 heteroatoms. The molecule has 3 aromatic rings. The van der Waals surface area contributed by atoms with Gasteiger partial charge in [-0.05, 0) is 12.1 Å². The molecular weight excluding hydrogens is 250 g/mol. The van der Waals surface area contributed by atoms with Crippen LogP contribution in [0.4, 0.5) is 0 Å². The van der Waals surface area contributed by atoms with Crippen LogP contribution in [0.5, 0.6) is 0 Å². The molecule has 0 spiro atoms. The van der Waals surface area contributed by atoms with Crippen molar-refractivity contribution >= 4 is 17.4 Å². The minimum Gasteiger partial charge on any atom is -0.218 e. The van der Waals surface area contributed by atoms with Crippen LogP contribution in [0.3, 0.4) is 0 Å². The highest BCUT2D eigenvalue weighted by Gasteiger charge is 2.12. The smallest absolute Gasteiger partial charge is 0.218 e. The summed E-state index contributed by atoms with van der Waals surface area (Å²) < 4.78 is 1.54. The molecule has 2 heterocycles. The van der Waals surface area contributed by atoms with E-state index in [0.717, 1.165) is 5.56 Å². The van der Waals surface area contributed by atoms with E-state index in [0.29, 0.717) is 22.1 Å². The van der Waals surface area contributed by atoms with Gasteiger partial charge in [0.15, 0.2) is 0 Å². The van der Waals surface area contributed by atoms with E-state index >= 15 is 0 Å². The zero-order valence-corrected chi connectivity index (χ0v) is 9.83. The highest BCUT2D eigenvalue weighted by atomic mass is 35.5. The Morgan fingerprint density at radius 3 is 2.67 bits per heavy atom. The Balaban J connectivity index is 2.35. The molecule has 0 aliphatic rings. The summed E-state index contributed by atoms with van der Waals surface area (Å²) in [7, 11) is 0. The molecule has 0 unspecified atom stereocenters. The van der Waals surface area contributed by atoms with E-state index in [1.54, 1.807) is 16.6 Å². The van der Waals surface area contributed by atoms with Crippen molar-refractivity contribution in [2.24, 2.45) is 0 Å². The summed E-state index contributed by atoms with van der Waals surface area (Å²) in [6.07, 6.45) is 2.90. The van der Waals surface area contributed by atoms with Gasteiger partial charge in [-0.25, -0.2) is 4.98 Å². The molecule has 86 valence electrons. The fraction of sp³-hybridized carbons (Fsp3) is 0. The van der Waals surface area contributed by atoms with Crippen LogP contribution in [-0.4, -0.2) is 19.6 Å². The van der Waals surface area contributed by atoms with Crippen molar-refractivity contribution < 1.29 is 0 Å². The molecule has 0 fully saturated rings. The first-order valence-electron chi connectivity index (χ1n) is 5.14. The molecule has 0 amide bonds. The molecule has 5 nitrogen and oxygen atoms in total. The van der Waals surface area contributed by atoms with Crippen molar-refractivity contribution in [3.05, 3.63) is 47.4 Å². The summed E-state index contributed by atoms with van der Waals surface area (Å²) in [5, 5.41) is 13.9. The quantitative estimate of drug-likeness (QED) is 0.669. The highest BCUT2D eigenvalue weighted by molar-refractivity contribution is 6.30. The molecule has 0 atom stereocenters. The van der Waals surface area contributed by atoms with E-state index < -0.39 is 0 Å². The van der Waals surface area contributed by atoms with Crippen LogP contribution >= 0.6 is 11.6 Å². The molecule has 1 aromatic carbocycles. The molecule has 3 rings (SSSR count). The number of benzene rings is 1. The molecular formula is C12H6ClN5. The van der Waals surface area contributed by atoms with Gasteiger partial charge in [0.25, 0.3) is 5.78 Å². The number of aromatic nitrogens is 4. The molecule has 2 aromatic heterocycles. The lowest BCUT2D eigenvalue weighted by molar-refractivity contribution is 0.943. The summed E-state index contributed by atoms with van der Waals surface area (Å²) in [5.74, 6) is 0.457. The van der Waals surface area contributed by atoms with Gasteiger partial charge in [-0.15, -0.1) is 0 Å². The van der Waals surface area contributed by atoms with Crippen LogP contribution in [0.25, 0.3) is 17.0 Å². The van der Waals surface area contributed by atoms with Crippen LogP contribution in [0.1, 0.15) is 5.56 Å². The molecule has 0 saturated heterocycles. The van der Waals surface area contributed by atoms with Crippen molar-refractivity contribution in [3.8, 4) is 17.3 Å². The topological polar surface area (TPSA) is 66.9 Å². The number of halogens is 1. The van der Waals surface area contributed by atoms with Gasteiger partial charge in [0, 0.05) is 10.6 Å². The van der Waals surface area contributed by atoms with E-state index in [1.807, 2.05) is 12.1 Å². The van der Waals surface area contributed by atoms with Gasteiger partial charge in [0.1, 0.15) is 12.4 Å². The number of rotatable bonds is 1. The lowest BCUT2D eigenvalue weighted by atomic mass is 10.1. The first-order chi connectivity index (χ1) is 8.79. The zero-order chi connectivity index (χ0) is 12.5. The maximum absolute atomic E-state index is 9.15. The fourth-order valence-corrected chi connectivity index (χ4v) is 1.87. The number of nitrogens with zero attached hydrogens (tertiary/aromatic N) is 5. The predicted octanol–water partition coefficient (Wildman–Crippen LogP) is 2.32. The second-order valence-corrected chi connectivity index (χ2v) is 4.05.